The molecule has 0 radical (unpaired) electrons. The van der Waals surface area contributed by atoms with Gasteiger partial charge in [0.05, 0.1) is 17.8 Å². The van der Waals surface area contributed by atoms with Crippen LogP contribution in [-0.2, 0) is 13.0 Å². The molecule has 0 unspecified atom stereocenters. The minimum Gasteiger partial charge on any atom is -0.493 e. The fourth-order valence-electron chi connectivity index (χ4n) is 4.52. The first-order chi connectivity index (χ1) is 14.6. The normalized spacial score (nSPS) is 14.4. The SMILES string of the molecule is CC(C)COc1ccccc1-c1nc2ccc3ccccc3c2c2c1CN(C)CC2. The highest BCUT2D eigenvalue weighted by Crippen LogP contribution is 2.39. The van der Waals surface area contributed by atoms with Crippen molar-refractivity contribution in [2.75, 3.05) is 20.2 Å². The Hall–Kier alpha value is -2.91. The first-order valence-corrected chi connectivity index (χ1v) is 10.9. The van der Waals surface area contributed by atoms with Crippen molar-refractivity contribution in [3.8, 4) is 17.0 Å². The molecule has 0 saturated heterocycles. The molecule has 0 spiro atoms. The van der Waals surface area contributed by atoms with E-state index in [1.165, 1.54) is 27.3 Å². The van der Waals surface area contributed by atoms with Crippen molar-refractivity contribution in [1.29, 1.82) is 0 Å². The summed E-state index contributed by atoms with van der Waals surface area (Å²) in [7, 11) is 2.20. The third-order valence-electron chi connectivity index (χ3n) is 5.98. The minimum atomic E-state index is 0.481. The molecular weight excluding hydrogens is 368 g/mol. The lowest BCUT2D eigenvalue weighted by molar-refractivity contribution is 0.272. The van der Waals surface area contributed by atoms with Crippen molar-refractivity contribution in [2.45, 2.75) is 26.8 Å². The van der Waals surface area contributed by atoms with Crippen molar-refractivity contribution < 1.29 is 4.74 Å². The molecule has 0 fully saturated rings. The summed E-state index contributed by atoms with van der Waals surface area (Å²) in [5, 5.41) is 3.90. The summed E-state index contributed by atoms with van der Waals surface area (Å²) in [6.07, 6.45) is 1.04. The molecule has 30 heavy (non-hydrogen) atoms. The number of hydrogen-bond acceptors (Lipinski definition) is 3. The number of aromatic nitrogens is 1. The molecule has 0 aliphatic carbocycles. The number of likely N-dealkylation sites (N-methyl/N-ethyl adjacent to an activating group) is 1. The molecule has 152 valence electrons. The predicted octanol–water partition coefficient (Wildman–Crippen LogP) is 6.08. The fourth-order valence-corrected chi connectivity index (χ4v) is 4.52. The largest absolute Gasteiger partial charge is 0.493 e. The van der Waals surface area contributed by atoms with Crippen molar-refractivity contribution in [1.82, 2.24) is 9.88 Å². The fraction of sp³-hybridized carbons (Fsp3) is 0.296. The van der Waals surface area contributed by atoms with E-state index in [1.807, 2.05) is 6.07 Å². The number of nitrogens with zero attached hydrogens (tertiary/aromatic N) is 2. The van der Waals surface area contributed by atoms with Gasteiger partial charge in [0.2, 0.25) is 0 Å². The van der Waals surface area contributed by atoms with E-state index in [0.29, 0.717) is 12.5 Å². The van der Waals surface area contributed by atoms with Crippen LogP contribution in [0.3, 0.4) is 0 Å². The van der Waals surface area contributed by atoms with Crippen molar-refractivity contribution in [3.63, 3.8) is 0 Å². The van der Waals surface area contributed by atoms with E-state index in [-0.39, 0.29) is 0 Å². The lowest BCUT2D eigenvalue weighted by Gasteiger charge is -2.29. The van der Waals surface area contributed by atoms with E-state index in [4.69, 9.17) is 9.72 Å². The summed E-state index contributed by atoms with van der Waals surface area (Å²) < 4.78 is 6.20. The third-order valence-corrected chi connectivity index (χ3v) is 5.98. The molecule has 0 atom stereocenters. The molecule has 0 saturated carbocycles. The number of rotatable bonds is 4. The van der Waals surface area contributed by atoms with Gasteiger partial charge in [-0.05, 0) is 59.5 Å². The number of para-hydroxylation sites is 1. The van der Waals surface area contributed by atoms with Gasteiger partial charge in [0, 0.05) is 24.0 Å². The van der Waals surface area contributed by atoms with Crippen LogP contribution in [0.15, 0.2) is 60.7 Å². The molecule has 0 bridgehead atoms. The molecule has 1 aliphatic rings. The van der Waals surface area contributed by atoms with Gasteiger partial charge >= 0.3 is 0 Å². The average molecular weight is 397 g/mol. The van der Waals surface area contributed by atoms with Gasteiger partial charge in [-0.1, -0.05) is 56.3 Å². The Bertz CT molecular complexity index is 1230. The molecule has 1 aromatic heterocycles. The molecular formula is C27H28N2O. The van der Waals surface area contributed by atoms with E-state index >= 15 is 0 Å². The van der Waals surface area contributed by atoms with Crippen LogP contribution in [0, 0.1) is 5.92 Å². The second-order valence-electron chi connectivity index (χ2n) is 8.79. The van der Waals surface area contributed by atoms with Crippen LogP contribution in [-0.4, -0.2) is 30.1 Å². The van der Waals surface area contributed by atoms with Gasteiger partial charge < -0.3 is 9.64 Å². The Balaban J connectivity index is 1.78. The Morgan fingerprint density at radius 1 is 0.967 bits per heavy atom. The summed E-state index contributed by atoms with van der Waals surface area (Å²) in [4.78, 5) is 7.62. The predicted molar refractivity (Wildman–Crippen MR) is 125 cm³/mol. The Labute approximate surface area is 178 Å². The highest BCUT2D eigenvalue weighted by atomic mass is 16.5. The molecule has 5 rings (SSSR count). The number of hydrogen-bond donors (Lipinski definition) is 0. The van der Waals surface area contributed by atoms with Crippen LogP contribution < -0.4 is 4.74 Å². The minimum absolute atomic E-state index is 0.481. The molecule has 4 aromatic rings. The van der Waals surface area contributed by atoms with Gasteiger partial charge in [-0.15, -0.1) is 0 Å². The zero-order valence-electron chi connectivity index (χ0n) is 18.0. The lowest BCUT2D eigenvalue weighted by Crippen LogP contribution is -2.27. The maximum atomic E-state index is 6.20. The van der Waals surface area contributed by atoms with E-state index in [0.717, 1.165) is 42.0 Å². The highest BCUT2D eigenvalue weighted by Gasteiger charge is 2.24. The van der Waals surface area contributed by atoms with E-state index in [2.05, 4.69) is 80.4 Å². The van der Waals surface area contributed by atoms with E-state index in [9.17, 15) is 0 Å². The number of ether oxygens (including phenoxy) is 1. The molecule has 3 aromatic carbocycles. The smallest absolute Gasteiger partial charge is 0.128 e. The van der Waals surface area contributed by atoms with Gasteiger partial charge in [0.25, 0.3) is 0 Å². The van der Waals surface area contributed by atoms with Crippen LogP contribution in [0.5, 0.6) is 5.75 Å². The van der Waals surface area contributed by atoms with Gasteiger partial charge in [0.15, 0.2) is 0 Å². The Morgan fingerprint density at radius 2 is 1.77 bits per heavy atom. The third kappa shape index (κ3) is 3.33. The Kier molecular flexibility index (Phi) is 4.92. The average Bonchev–Trinajstić information content (AvgIpc) is 2.77. The van der Waals surface area contributed by atoms with Crippen LogP contribution >= 0.6 is 0 Å². The summed E-state index contributed by atoms with van der Waals surface area (Å²) in [5.41, 5.74) is 6.03. The molecule has 0 N–H and O–H groups in total. The maximum absolute atomic E-state index is 6.20. The van der Waals surface area contributed by atoms with Crippen LogP contribution in [0.4, 0.5) is 0 Å². The molecule has 3 nitrogen and oxygen atoms in total. The van der Waals surface area contributed by atoms with Crippen molar-refractivity contribution >= 4 is 21.7 Å². The first kappa shape index (κ1) is 19.1. The summed E-state index contributed by atoms with van der Waals surface area (Å²) in [5.74, 6) is 1.41. The standard InChI is InChI=1S/C27H28N2O/c1-18(2)17-30-25-11-7-6-10-22(25)27-23-16-29(3)15-14-21(23)26-20-9-5-4-8-19(20)12-13-24(26)28-27/h4-13,18H,14-17H2,1-3H3. The van der Waals surface area contributed by atoms with E-state index in [1.54, 1.807) is 0 Å². The van der Waals surface area contributed by atoms with Crippen LogP contribution in [0.1, 0.15) is 25.0 Å². The lowest BCUT2D eigenvalue weighted by atomic mass is 9.89. The zero-order valence-corrected chi connectivity index (χ0v) is 18.0. The van der Waals surface area contributed by atoms with Gasteiger partial charge in [0.1, 0.15) is 5.75 Å². The molecule has 3 heteroatoms. The summed E-state index contributed by atoms with van der Waals surface area (Å²) in [6, 6.07) is 21.4. The van der Waals surface area contributed by atoms with Crippen molar-refractivity contribution in [3.05, 3.63) is 71.8 Å². The van der Waals surface area contributed by atoms with Gasteiger partial charge in [-0.25, -0.2) is 4.98 Å². The van der Waals surface area contributed by atoms with Gasteiger partial charge in [-0.2, -0.15) is 0 Å². The number of fused-ring (bicyclic) bond motifs is 5. The molecule has 0 amide bonds. The van der Waals surface area contributed by atoms with Crippen LogP contribution in [0.25, 0.3) is 32.9 Å². The van der Waals surface area contributed by atoms with Gasteiger partial charge in [-0.3, -0.25) is 0 Å². The Morgan fingerprint density at radius 3 is 2.63 bits per heavy atom. The quantitative estimate of drug-likeness (QED) is 0.391. The van der Waals surface area contributed by atoms with Crippen molar-refractivity contribution in [2.24, 2.45) is 5.92 Å². The van der Waals surface area contributed by atoms with Crippen LogP contribution in [0.2, 0.25) is 0 Å². The summed E-state index contributed by atoms with van der Waals surface area (Å²) in [6.45, 7) is 7.05. The highest BCUT2D eigenvalue weighted by molar-refractivity contribution is 6.09. The maximum Gasteiger partial charge on any atom is 0.128 e. The monoisotopic (exact) mass is 396 g/mol. The van der Waals surface area contributed by atoms with E-state index < -0.39 is 0 Å². The number of pyridine rings is 1. The number of benzene rings is 3. The molecule has 2 heterocycles. The second kappa shape index (κ2) is 7.73. The summed E-state index contributed by atoms with van der Waals surface area (Å²) >= 11 is 0. The molecule has 1 aliphatic heterocycles. The second-order valence-corrected chi connectivity index (χ2v) is 8.79. The first-order valence-electron chi connectivity index (χ1n) is 10.9. The zero-order chi connectivity index (χ0) is 20.7. The topological polar surface area (TPSA) is 25.4 Å².